The minimum absolute atomic E-state index is 0.212. The van der Waals surface area contributed by atoms with Gasteiger partial charge in [0, 0.05) is 30.9 Å². The number of aromatic amines is 1. The number of aromatic nitrogens is 2. The molecule has 0 radical (unpaired) electrons. The number of hydrogen-bond acceptors (Lipinski definition) is 5. The molecule has 118 valence electrons. The lowest BCUT2D eigenvalue weighted by molar-refractivity contribution is 0.0527. The van der Waals surface area contributed by atoms with E-state index in [4.69, 9.17) is 4.74 Å². The molecule has 3 rings (SSSR count). The number of esters is 1. The van der Waals surface area contributed by atoms with Crippen molar-refractivity contribution in [3.8, 4) is 0 Å². The molecule has 2 aromatic heterocycles. The minimum Gasteiger partial charge on any atom is -0.462 e. The third-order valence-electron chi connectivity index (χ3n) is 4.33. The second-order valence-electron chi connectivity index (χ2n) is 5.71. The Morgan fingerprint density at radius 3 is 3.05 bits per heavy atom. The number of aliphatic hydroxyl groups excluding tert-OH is 1. The number of carbonyl (C=O) groups excluding carboxylic acids is 1. The Hall–Kier alpha value is -2.08. The average molecular weight is 303 g/mol. The van der Waals surface area contributed by atoms with Gasteiger partial charge in [0.15, 0.2) is 0 Å². The van der Waals surface area contributed by atoms with Crippen LogP contribution in [-0.4, -0.2) is 46.8 Å². The fourth-order valence-corrected chi connectivity index (χ4v) is 3.20. The molecule has 0 bridgehead atoms. The van der Waals surface area contributed by atoms with E-state index in [0.29, 0.717) is 18.6 Å². The van der Waals surface area contributed by atoms with Crippen LogP contribution in [0.1, 0.15) is 36.5 Å². The van der Waals surface area contributed by atoms with Crippen LogP contribution >= 0.6 is 0 Å². The number of carbonyl (C=O) groups is 1. The summed E-state index contributed by atoms with van der Waals surface area (Å²) in [5.41, 5.74) is 2.04. The Bertz CT molecular complexity index is 682. The van der Waals surface area contributed by atoms with Crippen LogP contribution in [0.25, 0.3) is 11.0 Å². The molecule has 2 atom stereocenters. The van der Waals surface area contributed by atoms with E-state index in [1.807, 2.05) is 19.3 Å². The Labute approximate surface area is 129 Å². The summed E-state index contributed by atoms with van der Waals surface area (Å²) in [4.78, 5) is 21.7. The van der Waals surface area contributed by atoms with Crippen LogP contribution in [0.3, 0.4) is 0 Å². The normalized spacial score (nSPS) is 21.2. The van der Waals surface area contributed by atoms with Crippen LogP contribution < -0.4 is 4.90 Å². The van der Waals surface area contributed by atoms with Crippen molar-refractivity contribution in [2.45, 2.75) is 38.3 Å². The largest absolute Gasteiger partial charge is 0.462 e. The summed E-state index contributed by atoms with van der Waals surface area (Å²) in [6.07, 6.45) is 5.54. The molecule has 1 aliphatic carbocycles. The van der Waals surface area contributed by atoms with Crippen molar-refractivity contribution < 1.29 is 14.6 Å². The van der Waals surface area contributed by atoms with E-state index in [0.717, 1.165) is 29.6 Å². The number of pyridine rings is 1. The van der Waals surface area contributed by atoms with Gasteiger partial charge < -0.3 is 19.7 Å². The molecule has 0 aliphatic heterocycles. The summed E-state index contributed by atoms with van der Waals surface area (Å²) in [6, 6.07) is 2.13. The van der Waals surface area contributed by atoms with Crippen LogP contribution in [0.5, 0.6) is 0 Å². The molecule has 2 aromatic rings. The zero-order chi connectivity index (χ0) is 15.7. The predicted molar refractivity (Wildman–Crippen MR) is 84.1 cm³/mol. The first-order chi connectivity index (χ1) is 10.6. The van der Waals surface area contributed by atoms with Crippen LogP contribution in [0.4, 0.5) is 5.69 Å². The van der Waals surface area contributed by atoms with Crippen molar-refractivity contribution >= 4 is 22.7 Å². The van der Waals surface area contributed by atoms with E-state index < -0.39 is 0 Å². The molecule has 2 heterocycles. The molecule has 1 fully saturated rings. The zero-order valence-electron chi connectivity index (χ0n) is 12.9. The number of fused-ring (bicyclic) bond motifs is 1. The molecule has 1 saturated carbocycles. The predicted octanol–water partition coefficient (Wildman–Crippen LogP) is 2.09. The molecule has 0 aromatic carbocycles. The van der Waals surface area contributed by atoms with Crippen molar-refractivity contribution in [3.63, 3.8) is 0 Å². The maximum atomic E-state index is 12.3. The van der Waals surface area contributed by atoms with Gasteiger partial charge in [0.05, 0.1) is 18.4 Å². The number of H-pyrrole nitrogens is 1. The fraction of sp³-hybridized carbons (Fsp3) is 0.500. The quantitative estimate of drug-likeness (QED) is 0.846. The van der Waals surface area contributed by atoms with Gasteiger partial charge in [-0.3, -0.25) is 0 Å². The summed E-state index contributed by atoms with van der Waals surface area (Å²) < 4.78 is 5.16. The van der Waals surface area contributed by atoms with Gasteiger partial charge in [-0.05, 0) is 32.3 Å². The first kappa shape index (κ1) is 14.8. The highest BCUT2D eigenvalue weighted by Crippen LogP contribution is 2.34. The number of nitrogens with zero attached hydrogens (tertiary/aromatic N) is 2. The van der Waals surface area contributed by atoms with E-state index in [1.165, 1.54) is 0 Å². The Morgan fingerprint density at radius 1 is 1.55 bits per heavy atom. The fourth-order valence-electron chi connectivity index (χ4n) is 3.20. The average Bonchev–Trinajstić information content (AvgIpc) is 3.14. The van der Waals surface area contributed by atoms with E-state index in [9.17, 15) is 9.90 Å². The van der Waals surface area contributed by atoms with Gasteiger partial charge in [0.2, 0.25) is 0 Å². The SMILES string of the molecule is CCOC(=O)c1cnc2[nH]ccc2c1N(C)C1CCC(O)C1. The first-order valence-electron chi connectivity index (χ1n) is 7.66. The molecule has 6 nitrogen and oxygen atoms in total. The first-order valence-corrected chi connectivity index (χ1v) is 7.66. The molecule has 2 unspecified atom stereocenters. The van der Waals surface area contributed by atoms with Crippen molar-refractivity contribution in [1.82, 2.24) is 9.97 Å². The standard InChI is InChI=1S/C16H21N3O3/c1-3-22-16(21)13-9-18-15-12(6-7-17-15)14(13)19(2)10-4-5-11(20)8-10/h6-7,9-11,20H,3-5,8H2,1-2H3,(H,17,18). The number of anilines is 1. The Kier molecular flexibility index (Phi) is 4.02. The highest BCUT2D eigenvalue weighted by Gasteiger charge is 2.30. The van der Waals surface area contributed by atoms with Gasteiger partial charge in [-0.15, -0.1) is 0 Å². The summed E-state index contributed by atoms with van der Waals surface area (Å²) in [6.45, 7) is 2.12. The third-order valence-corrected chi connectivity index (χ3v) is 4.33. The zero-order valence-corrected chi connectivity index (χ0v) is 12.9. The highest BCUT2D eigenvalue weighted by atomic mass is 16.5. The van der Waals surface area contributed by atoms with Gasteiger partial charge in [0.25, 0.3) is 0 Å². The van der Waals surface area contributed by atoms with E-state index >= 15 is 0 Å². The lowest BCUT2D eigenvalue weighted by atomic mass is 10.1. The van der Waals surface area contributed by atoms with Crippen molar-refractivity contribution in [3.05, 3.63) is 24.0 Å². The monoisotopic (exact) mass is 303 g/mol. The molecular formula is C16H21N3O3. The molecule has 6 heteroatoms. The number of nitrogens with one attached hydrogen (secondary N) is 1. The minimum atomic E-state index is -0.363. The maximum absolute atomic E-state index is 12.3. The Balaban J connectivity index is 2.06. The number of rotatable bonds is 4. The van der Waals surface area contributed by atoms with Crippen molar-refractivity contribution in [1.29, 1.82) is 0 Å². The lowest BCUT2D eigenvalue weighted by Crippen LogP contribution is -2.31. The van der Waals surface area contributed by atoms with Crippen molar-refractivity contribution in [2.24, 2.45) is 0 Å². The van der Waals surface area contributed by atoms with Crippen LogP contribution in [0.15, 0.2) is 18.5 Å². The summed E-state index contributed by atoms with van der Waals surface area (Å²) in [5, 5.41) is 10.7. The highest BCUT2D eigenvalue weighted by molar-refractivity contribution is 6.04. The van der Waals surface area contributed by atoms with Gasteiger partial charge in [0.1, 0.15) is 11.2 Å². The summed E-state index contributed by atoms with van der Waals surface area (Å²) >= 11 is 0. The molecule has 22 heavy (non-hydrogen) atoms. The van der Waals surface area contributed by atoms with Gasteiger partial charge in [-0.2, -0.15) is 0 Å². The van der Waals surface area contributed by atoms with E-state index in [1.54, 1.807) is 13.1 Å². The second-order valence-corrected chi connectivity index (χ2v) is 5.71. The third kappa shape index (κ3) is 2.54. The van der Waals surface area contributed by atoms with E-state index in [-0.39, 0.29) is 18.1 Å². The van der Waals surface area contributed by atoms with Gasteiger partial charge in [-0.1, -0.05) is 0 Å². The Morgan fingerprint density at radius 2 is 2.36 bits per heavy atom. The molecule has 0 amide bonds. The summed E-state index contributed by atoms with van der Waals surface area (Å²) in [7, 11) is 1.97. The summed E-state index contributed by atoms with van der Waals surface area (Å²) in [5.74, 6) is -0.363. The smallest absolute Gasteiger partial charge is 0.341 e. The molecule has 2 N–H and O–H groups in total. The molecule has 1 aliphatic rings. The van der Waals surface area contributed by atoms with Crippen molar-refractivity contribution in [2.75, 3.05) is 18.6 Å². The molecular weight excluding hydrogens is 282 g/mol. The van der Waals surface area contributed by atoms with Crippen LogP contribution in [-0.2, 0) is 4.74 Å². The molecule has 0 spiro atoms. The van der Waals surface area contributed by atoms with Gasteiger partial charge >= 0.3 is 5.97 Å². The van der Waals surface area contributed by atoms with Gasteiger partial charge in [-0.25, -0.2) is 9.78 Å². The number of aliphatic hydroxyl groups is 1. The lowest BCUT2D eigenvalue weighted by Gasteiger charge is -2.28. The van der Waals surface area contributed by atoms with E-state index in [2.05, 4.69) is 14.9 Å². The topological polar surface area (TPSA) is 78.5 Å². The maximum Gasteiger partial charge on any atom is 0.341 e. The molecule has 0 saturated heterocycles. The number of ether oxygens (including phenoxy) is 1. The van der Waals surface area contributed by atoms with Crippen LogP contribution in [0, 0.1) is 0 Å². The van der Waals surface area contributed by atoms with Crippen LogP contribution in [0.2, 0.25) is 0 Å². The second kappa shape index (κ2) is 5.96. The number of hydrogen-bond donors (Lipinski definition) is 2.